The third kappa shape index (κ3) is 3.29. The third-order valence-electron chi connectivity index (χ3n) is 5.05. The molecule has 0 amide bonds. The molecule has 0 saturated carbocycles. The summed E-state index contributed by atoms with van der Waals surface area (Å²) in [6.45, 7) is 8.24. The van der Waals surface area contributed by atoms with E-state index >= 15 is 0 Å². The summed E-state index contributed by atoms with van der Waals surface area (Å²) < 4.78 is 7.06. The van der Waals surface area contributed by atoms with Crippen LogP contribution in [0, 0.1) is 20.8 Å². The highest BCUT2D eigenvalue weighted by Gasteiger charge is 2.22. The van der Waals surface area contributed by atoms with Crippen molar-refractivity contribution in [2.45, 2.75) is 27.7 Å². The minimum Gasteiger partial charge on any atom is -0.461 e. The number of esters is 1. The van der Waals surface area contributed by atoms with Crippen molar-refractivity contribution in [1.82, 2.24) is 14.6 Å². The fourth-order valence-electron chi connectivity index (χ4n) is 3.75. The van der Waals surface area contributed by atoms with Crippen LogP contribution in [-0.2, 0) is 4.74 Å². The van der Waals surface area contributed by atoms with Crippen LogP contribution in [0.15, 0.2) is 54.6 Å². The first-order chi connectivity index (χ1) is 14.0. The molecule has 0 N–H and O–H groups in total. The van der Waals surface area contributed by atoms with E-state index < -0.39 is 5.97 Å². The van der Waals surface area contributed by atoms with Crippen LogP contribution in [0.1, 0.15) is 34.2 Å². The Balaban J connectivity index is 2.08. The van der Waals surface area contributed by atoms with E-state index in [9.17, 15) is 4.79 Å². The molecule has 0 spiro atoms. The molecule has 0 atom stereocenters. The maximum absolute atomic E-state index is 12.5. The SMILES string of the molecule is CCOC(=O)c1cc(-c2ccccc2)n2nc(C)c(-c3c(C)cccc3C)c2n1. The van der Waals surface area contributed by atoms with E-state index in [-0.39, 0.29) is 5.69 Å². The molecule has 0 bridgehead atoms. The number of rotatable bonds is 4. The van der Waals surface area contributed by atoms with Gasteiger partial charge in [-0.25, -0.2) is 14.3 Å². The number of aromatic nitrogens is 3. The molecule has 5 nitrogen and oxygen atoms in total. The quantitative estimate of drug-likeness (QED) is 0.455. The maximum Gasteiger partial charge on any atom is 0.357 e. The van der Waals surface area contributed by atoms with Crippen LogP contribution < -0.4 is 0 Å². The standard InChI is InChI=1S/C24H23N3O2/c1-5-29-24(28)19-14-20(18-12-7-6-8-13-18)27-23(25-19)22(17(4)26-27)21-15(2)10-9-11-16(21)3/h6-14H,5H2,1-4H3. The molecule has 4 rings (SSSR count). The lowest BCUT2D eigenvalue weighted by Crippen LogP contribution is -2.10. The fraction of sp³-hybridized carbons (Fsp3) is 0.208. The first-order valence-electron chi connectivity index (χ1n) is 9.70. The van der Waals surface area contributed by atoms with Gasteiger partial charge < -0.3 is 4.74 Å². The second kappa shape index (κ2) is 7.51. The van der Waals surface area contributed by atoms with Gasteiger partial charge in [0.2, 0.25) is 0 Å². The van der Waals surface area contributed by atoms with E-state index in [1.54, 1.807) is 13.0 Å². The molecule has 0 aliphatic heterocycles. The normalized spacial score (nSPS) is 11.0. The summed E-state index contributed by atoms with van der Waals surface area (Å²) in [7, 11) is 0. The summed E-state index contributed by atoms with van der Waals surface area (Å²) in [6, 6.07) is 17.9. The van der Waals surface area contributed by atoms with E-state index in [1.807, 2.05) is 47.8 Å². The van der Waals surface area contributed by atoms with Crippen molar-refractivity contribution in [1.29, 1.82) is 0 Å². The summed E-state index contributed by atoms with van der Waals surface area (Å²) in [4.78, 5) is 17.2. The average Bonchev–Trinajstić information content (AvgIpc) is 3.04. The Morgan fingerprint density at radius 2 is 1.66 bits per heavy atom. The van der Waals surface area contributed by atoms with E-state index in [4.69, 9.17) is 9.84 Å². The van der Waals surface area contributed by atoms with E-state index in [0.717, 1.165) is 39.2 Å². The first kappa shape index (κ1) is 18.9. The predicted molar refractivity (Wildman–Crippen MR) is 114 cm³/mol. The van der Waals surface area contributed by atoms with E-state index in [2.05, 4.69) is 31.0 Å². The summed E-state index contributed by atoms with van der Waals surface area (Å²) in [5.41, 5.74) is 7.92. The number of benzene rings is 2. The van der Waals surface area contributed by atoms with Crippen LogP contribution in [0.25, 0.3) is 28.0 Å². The second-order valence-electron chi connectivity index (χ2n) is 7.08. The van der Waals surface area contributed by atoms with Crippen molar-refractivity contribution in [2.75, 3.05) is 6.61 Å². The summed E-state index contributed by atoms with van der Waals surface area (Å²) in [5, 5.41) is 4.80. The fourth-order valence-corrected chi connectivity index (χ4v) is 3.75. The van der Waals surface area contributed by atoms with Gasteiger partial charge in [0.15, 0.2) is 11.3 Å². The molecule has 0 unspecified atom stereocenters. The zero-order valence-corrected chi connectivity index (χ0v) is 17.1. The lowest BCUT2D eigenvalue weighted by Gasteiger charge is -2.11. The van der Waals surface area contributed by atoms with Crippen molar-refractivity contribution in [3.8, 4) is 22.4 Å². The van der Waals surface area contributed by atoms with Gasteiger partial charge in [-0.2, -0.15) is 5.10 Å². The molecule has 0 aliphatic carbocycles. The molecule has 0 radical (unpaired) electrons. The highest BCUT2D eigenvalue weighted by molar-refractivity contribution is 5.92. The van der Waals surface area contributed by atoms with Gasteiger partial charge >= 0.3 is 5.97 Å². The molecule has 0 aliphatic rings. The van der Waals surface area contributed by atoms with Crippen LogP contribution >= 0.6 is 0 Å². The molecule has 29 heavy (non-hydrogen) atoms. The minimum absolute atomic E-state index is 0.283. The second-order valence-corrected chi connectivity index (χ2v) is 7.08. The van der Waals surface area contributed by atoms with Gasteiger partial charge in [-0.1, -0.05) is 48.5 Å². The molecule has 5 heteroatoms. The van der Waals surface area contributed by atoms with Crippen LogP contribution in [0.2, 0.25) is 0 Å². The van der Waals surface area contributed by atoms with Crippen LogP contribution in [-0.4, -0.2) is 27.2 Å². The number of carbonyl (C=O) groups excluding carboxylic acids is 1. The zero-order valence-electron chi connectivity index (χ0n) is 17.1. The number of hydrogen-bond donors (Lipinski definition) is 0. The van der Waals surface area contributed by atoms with E-state index in [0.29, 0.717) is 12.3 Å². The highest BCUT2D eigenvalue weighted by atomic mass is 16.5. The van der Waals surface area contributed by atoms with Crippen LogP contribution in [0.3, 0.4) is 0 Å². The van der Waals surface area contributed by atoms with Crippen molar-refractivity contribution in [3.05, 3.63) is 77.1 Å². The highest BCUT2D eigenvalue weighted by Crippen LogP contribution is 2.34. The van der Waals surface area contributed by atoms with Crippen molar-refractivity contribution >= 4 is 11.6 Å². The Hall–Kier alpha value is -3.47. The molecule has 2 aromatic heterocycles. The number of aryl methyl sites for hydroxylation is 3. The van der Waals surface area contributed by atoms with Crippen molar-refractivity contribution < 1.29 is 9.53 Å². The smallest absolute Gasteiger partial charge is 0.357 e. The zero-order chi connectivity index (χ0) is 20.5. The van der Waals surface area contributed by atoms with Crippen molar-refractivity contribution in [3.63, 3.8) is 0 Å². The predicted octanol–water partition coefficient (Wildman–Crippen LogP) is 5.17. The molecular formula is C24H23N3O2. The molecule has 4 aromatic rings. The molecule has 2 aromatic carbocycles. The van der Waals surface area contributed by atoms with Gasteiger partial charge in [0.1, 0.15) is 0 Å². The van der Waals surface area contributed by atoms with Gasteiger partial charge in [0.05, 0.1) is 23.6 Å². The molecular weight excluding hydrogens is 362 g/mol. The molecule has 0 fully saturated rings. The van der Waals surface area contributed by atoms with Gasteiger partial charge in [-0.15, -0.1) is 0 Å². The maximum atomic E-state index is 12.5. The van der Waals surface area contributed by atoms with Gasteiger partial charge in [-0.3, -0.25) is 0 Å². The third-order valence-corrected chi connectivity index (χ3v) is 5.05. The van der Waals surface area contributed by atoms with Gasteiger partial charge in [-0.05, 0) is 50.5 Å². The Morgan fingerprint density at radius 1 is 0.966 bits per heavy atom. The molecule has 0 saturated heterocycles. The Morgan fingerprint density at radius 3 is 2.31 bits per heavy atom. The molecule has 2 heterocycles. The number of ether oxygens (including phenoxy) is 1. The first-order valence-corrected chi connectivity index (χ1v) is 9.70. The average molecular weight is 385 g/mol. The van der Waals surface area contributed by atoms with E-state index in [1.165, 1.54) is 0 Å². The summed E-state index contributed by atoms with van der Waals surface area (Å²) >= 11 is 0. The monoisotopic (exact) mass is 385 g/mol. The van der Waals surface area contributed by atoms with Gasteiger partial charge in [0.25, 0.3) is 0 Å². The Bertz CT molecular complexity index is 1190. The minimum atomic E-state index is -0.432. The number of nitrogens with zero attached hydrogens (tertiary/aromatic N) is 3. The Labute approximate surface area is 170 Å². The lowest BCUT2D eigenvalue weighted by atomic mass is 9.96. The number of fused-ring (bicyclic) bond motifs is 1. The van der Waals surface area contributed by atoms with Crippen LogP contribution in [0.4, 0.5) is 0 Å². The topological polar surface area (TPSA) is 56.5 Å². The number of carbonyl (C=O) groups is 1. The van der Waals surface area contributed by atoms with Gasteiger partial charge in [0, 0.05) is 5.56 Å². The Kier molecular flexibility index (Phi) is 4.89. The lowest BCUT2D eigenvalue weighted by molar-refractivity contribution is 0.0519. The molecule has 146 valence electrons. The summed E-state index contributed by atoms with van der Waals surface area (Å²) in [6.07, 6.45) is 0. The van der Waals surface area contributed by atoms with Crippen LogP contribution in [0.5, 0.6) is 0 Å². The largest absolute Gasteiger partial charge is 0.461 e. The van der Waals surface area contributed by atoms with Crippen molar-refractivity contribution in [2.24, 2.45) is 0 Å². The summed E-state index contributed by atoms with van der Waals surface area (Å²) in [5.74, 6) is -0.432. The number of hydrogen-bond acceptors (Lipinski definition) is 4.